The van der Waals surface area contributed by atoms with Gasteiger partial charge < -0.3 is 0 Å². The Balaban J connectivity index is 1.53. The van der Waals surface area contributed by atoms with Crippen molar-refractivity contribution in [3.05, 3.63) is 64.2 Å². The van der Waals surface area contributed by atoms with Crippen LogP contribution in [-0.2, 0) is 19.4 Å². The third-order valence-corrected chi connectivity index (χ3v) is 4.85. The minimum Gasteiger partial charge on any atom is -0.292 e. The third-order valence-electron chi connectivity index (χ3n) is 4.52. The normalized spacial score (nSPS) is 13.5. The highest BCUT2D eigenvalue weighted by atomic mass is 35.5. The van der Waals surface area contributed by atoms with E-state index in [1.807, 2.05) is 30.3 Å². The summed E-state index contributed by atoms with van der Waals surface area (Å²) in [6.07, 6.45) is 4.58. The fourth-order valence-corrected chi connectivity index (χ4v) is 3.41. The monoisotopic (exact) mass is 352 g/mol. The van der Waals surface area contributed by atoms with Crippen molar-refractivity contribution >= 4 is 17.4 Å². The van der Waals surface area contributed by atoms with E-state index in [1.165, 1.54) is 28.8 Å². The first kappa shape index (κ1) is 16.0. The number of Topliss-reactive ketones (excluding diaryl/α,β-unsaturated/α-hetero) is 1. The van der Waals surface area contributed by atoms with Crippen LogP contribution in [-0.4, -0.2) is 26.0 Å². The molecule has 0 unspecified atom stereocenters. The third kappa shape index (κ3) is 3.33. The molecule has 1 aliphatic carbocycles. The van der Waals surface area contributed by atoms with Crippen molar-refractivity contribution in [2.75, 3.05) is 0 Å². The maximum atomic E-state index is 12.6. The lowest BCUT2D eigenvalue weighted by atomic mass is 9.90. The van der Waals surface area contributed by atoms with Crippen LogP contribution in [0.25, 0.3) is 11.4 Å². The molecule has 25 heavy (non-hydrogen) atoms. The molecule has 0 amide bonds. The number of fused-ring (bicyclic) bond motifs is 1. The van der Waals surface area contributed by atoms with E-state index in [4.69, 9.17) is 11.6 Å². The van der Waals surface area contributed by atoms with Gasteiger partial charge in [0.1, 0.15) is 6.54 Å². The first-order chi connectivity index (χ1) is 12.2. The number of tetrazole rings is 1. The number of nitrogens with zero attached hydrogens (tertiary/aromatic N) is 4. The van der Waals surface area contributed by atoms with Crippen molar-refractivity contribution in [2.45, 2.75) is 32.2 Å². The standard InChI is InChI=1S/C19H17ClN4O/c20-17-8-4-3-7-16(17)19-21-23-24(22-19)12-18(25)15-10-9-13-5-1-2-6-14(13)11-15/h3-4,7-11H,1-2,5-6,12H2. The van der Waals surface area contributed by atoms with Crippen LogP contribution in [0.15, 0.2) is 42.5 Å². The Morgan fingerprint density at radius 3 is 2.72 bits per heavy atom. The quantitative estimate of drug-likeness (QED) is 0.671. The minimum atomic E-state index is -0.0171. The zero-order chi connectivity index (χ0) is 17.2. The summed E-state index contributed by atoms with van der Waals surface area (Å²) in [7, 11) is 0. The summed E-state index contributed by atoms with van der Waals surface area (Å²) in [6.45, 7) is 0.0657. The lowest BCUT2D eigenvalue weighted by molar-refractivity contribution is 0.0961. The maximum Gasteiger partial charge on any atom is 0.206 e. The Hall–Kier alpha value is -2.53. The molecule has 126 valence electrons. The zero-order valence-electron chi connectivity index (χ0n) is 13.7. The van der Waals surface area contributed by atoms with Gasteiger partial charge in [0.2, 0.25) is 5.82 Å². The molecule has 0 saturated carbocycles. The number of rotatable bonds is 4. The average molecular weight is 353 g/mol. The largest absolute Gasteiger partial charge is 0.292 e. The van der Waals surface area contributed by atoms with Gasteiger partial charge >= 0.3 is 0 Å². The number of aryl methyl sites for hydroxylation is 2. The molecule has 0 fully saturated rings. The smallest absolute Gasteiger partial charge is 0.206 e. The van der Waals surface area contributed by atoms with Crippen LogP contribution in [0.5, 0.6) is 0 Å². The minimum absolute atomic E-state index is 0.0171. The first-order valence-electron chi connectivity index (χ1n) is 8.38. The van der Waals surface area contributed by atoms with Crippen LogP contribution in [0, 0.1) is 0 Å². The van der Waals surface area contributed by atoms with Gasteiger partial charge in [-0.15, -0.1) is 10.2 Å². The predicted molar refractivity (Wildman–Crippen MR) is 95.7 cm³/mol. The van der Waals surface area contributed by atoms with E-state index in [0.29, 0.717) is 22.0 Å². The van der Waals surface area contributed by atoms with E-state index in [1.54, 1.807) is 6.07 Å². The van der Waals surface area contributed by atoms with E-state index in [2.05, 4.69) is 21.5 Å². The number of ketones is 1. The molecule has 0 bridgehead atoms. The topological polar surface area (TPSA) is 60.7 Å². The molecule has 3 aromatic rings. The molecule has 1 aliphatic rings. The van der Waals surface area contributed by atoms with E-state index in [0.717, 1.165) is 12.8 Å². The van der Waals surface area contributed by atoms with Gasteiger partial charge in [0, 0.05) is 11.1 Å². The van der Waals surface area contributed by atoms with Gasteiger partial charge in [0.25, 0.3) is 0 Å². The molecule has 5 nitrogen and oxygen atoms in total. The summed E-state index contributed by atoms with van der Waals surface area (Å²) < 4.78 is 0. The summed E-state index contributed by atoms with van der Waals surface area (Å²) in [5.41, 5.74) is 4.07. The van der Waals surface area contributed by atoms with Crippen molar-refractivity contribution < 1.29 is 4.79 Å². The summed E-state index contributed by atoms with van der Waals surface area (Å²) in [6, 6.07) is 13.3. The predicted octanol–water partition coefficient (Wildman–Crippen LogP) is 3.76. The molecule has 6 heteroatoms. The first-order valence-corrected chi connectivity index (χ1v) is 8.76. The van der Waals surface area contributed by atoms with E-state index < -0.39 is 0 Å². The highest BCUT2D eigenvalue weighted by Crippen LogP contribution is 2.24. The van der Waals surface area contributed by atoms with Gasteiger partial charge in [-0.3, -0.25) is 4.79 Å². The number of aromatic nitrogens is 4. The average Bonchev–Trinajstić information content (AvgIpc) is 3.10. The number of hydrogen-bond acceptors (Lipinski definition) is 4. The summed E-state index contributed by atoms with van der Waals surface area (Å²) in [5, 5.41) is 12.8. The second-order valence-corrected chi connectivity index (χ2v) is 6.64. The Bertz CT molecular complexity index is 935. The summed E-state index contributed by atoms with van der Waals surface area (Å²) >= 11 is 6.15. The molecule has 0 radical (unpaired) electrons. The highest BCUT2D eigenvalue weighted by Gasteiger charge is 2.15. The number of carbonyl (C=O) groups excluding carboxylic acids is 1. The fourth-order valence-electron chi connectivity index (χ4n) is 3.19. The van der Waals surface area contributed by atoms with Gasteiger partial charge in [-0.05, 0) is 60.2 Å². The lowest BCUT2D eigenvalue weighted by Crippen LogP contribution is -2.14. The molecule has 1 aromatic heterocycles. The van der Waals surface area contributed by atoms with Gasteiger partial charge in [-0.25, -0.2) is 0 Å². The maximum absolute atomic E-state index is 12.6. The van der Waals surface area contributed by atoms with Crippen LogP contribution in [0.4, 0.5) is 0 Å². The summed E-state index contributed by atoms with van der Waals surface area (Å²) in [4.78, 5) is 13.9. The second-order valence-electron chi connectivity index (χ2n) is 6.24. The van der Waals surface area contributed by atoms with Crippen molar-refractivity contribution in [1.29, 1.82) is 0 Å². The molecule has 0 atom stereocenters. The Morgan fingerprint density at radius 2 is 1.88 bits per heavy atom. The van der Waals surface area contributed by atoms with Gasteiger partial charge in [0.05, 0.1) is 5.02 Å². The number of benzene rings is 2. The van der Waals surface area contributed by atoms with Crippen LogP contribution < -0.4 is 0 Å². The van der Waals surface area contributed by atoms with Gasteiger partial charge in [0.15, 0.2) is 5.78 Å². The fraction of sp³-hybridized carbons (Fsp3) is 0.263. The molecule has 0 aliphatic heterocycles. The van der Waals surface area contributed by atoms with Crippen molar-refractivity contribution in [3.63, 3.8) is 0 Å². The molecular formula is C19H17ClN4O. The van der Waals surface area contributed by atoms with E-state index in [9.17, 15) is 4.79 Å². The van der Waals surface area contributed by atoms with E-state index >= 15 is 0 Å². The molecule has 1 heterocycles. The molecule has 0 spiro atoms. The van der Waals surface area contributed by atoms with Crippen molar-refractivity contribution in [2.24, 2.45) is 0 Å². The van der Waals surface area contributed by atoms with Crippen molar-refractivity contribution in [1.82, 2.24) is 20.2 Å². The highest BCUT2D eigenvalue weighted by molar-refractivity contribution is 6.33. The number of carbonyl (C=O) groups is 1. The summed E-state index contributed by atoms with van der Waals surface area (Å²) in [5.74, 6) is 0.403. The van der Waals surface area contributed by atoms with Crippen LogP contribution in [0.3, 0.4) is 0 Å². The Kier molecular flexibility index (Phi) is 4.32. The second kappa shape index (κ2) is 6.76. The van der Waals surface area contributed by atoms with Crippen molar-refractivity contribution in [3.8, 4) is 11.4 Å². The van der Waals surface area contributed by atoms with Crippen LogP contribution in [0.1, 0.15) is 34.3 Å². The molecular weight excluding hydrogens is 336 g/mol. The number of halogens is 1. The molecule has 0 N–H and O–H groups in total. The molecule has 0 saturated heterocycles. The van der Waals surface area contributed by atoms with Gasteiger partial charge in [-0.1, -0.05) is 35.9 Å². The Labute approximate surface area is 150 Å². The lowest BCUT2D eigenvalue weighted by Gasteiger charge is -2.16. The van der Waals surface area contributed by atoms with Crippen LogP contribution in [0.2, 0.25) is 5.02 Å². The molecule has 4 rings (SSSR count). The Morgan fingerprint density at radius 1 is 1.08 bits per heavy atom. The van der Waals surface area contributed by atoms with Crippen LogP contribution >= 0.6 is 11.6 Å². The van der Waals surface area contributed by atoms with E-state index in [-0.39, 0.29) is 12.3 Å². The van der Waals surface area contributed by atoms with Gasteiger partial charge in [-0.2, -0.15) is 4.80 Å². The zero-order valence-corrected chi connectivity index (χ0v) is 14.4. The SMILES string of the molecule is O=C(Cn1nnc(-c2ccccc2Cl)n1)c1ccc2c(c1)CCCC2. The number of hydrogen-bond donors (Lipinski definition) is 0. The molecule has 2 aromatic carbocycles.